The maximum atomic E-state index is 9.40. The lowest BCUT2D eigenvalue weighted by Gasteiger charge is -2.07. The van der Waals surface area contributed by atoms with Gasteiger partial charge in [-0.3, -0.25) is 0 Å². The molecule has 3 nitrogen and oxygen atoms in total. The minimum Gasteiger partial charge on any atom is -0.395 e. The Morgan fingerprint density at radius 1 is 1.09 bits per heavy atom. The van der Waals surface area contributed by atoms with Crippen molar-refractivity contribution < 1.29 is 5.11 Å². The number of aromatic nitrogens is 1. The van der Waals surface area contributed by atoms with E-state index in [1.807, 2.05) is 53.1 Å². The van der Waals surface area contributed by atoms with Crippen molar-refractivity contribution in [2.75, 3.05) is 6.61 Å². The monoisotopic (exact) mass is 408 g/mol. The summed E-state index contributed by atoms with van der Waals surface area (Å²) in [6.07, 6.45) is 0. The quantitative estimate of drug-likeness (QED) is 0.656. The van der Waals surface area contributed by atoms with Crippen LogP contribution in [-0.2, 0) is 6.54 Å². The van der Waals surface area contributed by atoms with E-state index in [9.17, 15) is 5.11 Å². The molecule has 0 amide bonds. The summed E-state index contributed by atoms with van der Waals surface area (Å²) >= 11 is 10.9. The molecule has 23 heavy (non-hydrogen) atoms. The summed E-state index contributed by atoms with van der Waals surface area (Å²) in [5.41, 5.74) is 2.98. The minimum atomic E-state index is 0.0636. The number of hydrogen-bond acceptors (Lipinski definition) is 3. The molecule has 1 heterocycles. The van der Waals surface area contributed by atoms with Crippen LogP contribution in [0.25, 0.3) is 11.3 Å². The van der Waals surface area contributed by atoms with E-state index >= 15 is 0 Å². The second-order valence-corrected chi connectivity index (χ2v) is 7.06. The zero-order chi connectivity index (χ0) is 16.2. The number of aliphatic hydroxyl groups excluding tert-OH is 1. The first-order valence-corrected chi connectivity index (χ1v) is 9.08. The summed E-state index contributed by atoms with van der Waals surface area (Å²) in [7, 11) is 0. The van der Waals surface area contributed by atoms with Gasteiger partial charge in [-0.1, -0.05) is 39.7 Å². The largest absolute Gasteiger partial charge is 0.395 e. The fourth-order valence-electron chi connectivity index (χ4n) is 2.21. The van der Waals surface area contributed by atoms with Crippen LogP contribution in [0.3, 0.4) is 0 Å². The van der Waals surface area contributed by atoms with Crippen LogP contribution < -0.4 is 4.80 Å². The summed E-state index contributed by atoms with van der Waals surface area (Å²) in [4.78, 5) is 5.51. The number of rotatable bonds is 4. The van der Waals surface area contributed by atoms with Crippen LogP contribution in [0.15, 0.2) is 63.4 Å². The molecule has 0 aliphatic rings. The van der Waals surface area contributed by atoms with E-state index in [0.29, 0.717) is 11.6 Å². The average molecular weight is 410 g/mol. The van der Waals surface area contributed by atoms with Gasteiger partial charge in [0, 0.05) is 21.4 Å². The van der Waals surface area contributed by atoms with Crippen molar-refractivity contribution in [2.24, 2.45) is 4.99 Å². The third-order valence-electron chi connectivity index (χ3n) is 3.31. The molecule has 0 saturated carbocycles. The molecule has 1 N–H and O–H groups in total. The van der Waals surface area contributed by atoms with Gasteiger partial charge in [0.2, 0.25) is 0 Å². The van der Waals surface area contributed by atoms with Crippen LogP contribution >= 0.6 is 38.9 Å². The molecule has 6 heteroatoms. The minimum absolute atomic E-state index is 0.0636. The molecule has 0 fully saturated rings. The number of halogens is 2. The van der Waals surface area contributed by atoms with E-state index in [1.54, 1.807) is 11.3 Å². The molecular formula is C17H14BrClN2OS. The highest BCUT2D eigenvalue weighted by Gasteiger charge is 2.08. The van der Waals surface area contributed by atoms with Crippen LogP contribution in [-0.4, -0.2) is 16.3 Å². The molecule has 0 radical (unpaired) electrons. The molecule has 3 aromatic rings. The molecule has 0 unspecified atom stereocenters. The number of nitrogens with zero attached hydrogens (tertiary/aromatic N) is 2. The van der Waals surface area contributed by atoms with Crippen LogP contribution in [0.4, 0.5) is 5.69 Å². The summed E-state index contributed by atoms with van der Waals surface area (Å²) in [6.45, 7) is 0.565. The number of aliphatic hydroxyl groups is 1. The molecule has 0 atom stereocenters. The van der Waals surface area contributed by atoms with Gasteiger partial charge in [0.15, 0.2) is 4.80 Å². The lowest BCUT2D eigenvalue weighted by Crippen LogP contribution is -2.17. The van der Waals surface area contributed by atoms with Crippen molar-refractivity contribution in [1.29, 1.82) is 0 Å². The molecule has 0 spiro atoms. The first kappa shape index (κ1) is 16.5. The van der Waals surface area contributed by atoms with E-state index in [1.165, 1.54) is 0 Å². The first-order valence-electron chi connectivity index (χ1n) is 7.03. The van der Waals surface area contributed by atoms with Gasteiger partial charge >= 0.3 is 0 Å². The summed E-state index contributed by atoms with van der Waals surface area (Å²) in [6, 6.07) is 15.5. The molecule has 118 valence electrons. The van der Waals surface area contributed by atoms with Crippen molar-refractivity contribution in [3.8, 4) is 11.3 Å². The van der Waals surface area contributed by atoms with Gasteiger partial charge < -0.3 is 9.67 Å². The van der Waals surface area contributed by atoms with E-state index in [0.717, 1.165) is 26.2 Å². The Labute approximate surface area is 151 Å². The molecule has 3 rings (SSSR count). The molecule has 0 bridgehead atoms. The standard InChI is InChI=1S/C17H14BrClN2OS/c18-13-3-1-12(2-4-13)16-11-23-17(21(16)9-10-22)20-15-7-5-14(19)6-8-15/h1-8,11,22H,9-10H2. The highest BCUT2D eigenvalue weighted by Crippen LogP contribution is 2.23. The molecule has 0 saturated heterocycles. The maximum absolute atomic E-state index is 9.40. The summed E-state index contributed by atoms with van der Waals surface area (Å²) in [5.74, 6) is 0. The topological polar surface area (TPSA) is 37.5 Å². The van der Waals surface area contributed by atoms with E-state index in [2.05, 4.69) is 26.3 Å². The Morgan fingerprint density at radius 2 is 1.78 bits per heavy atom. The van der Waals surface area contributed by atoms with E-state index in [-0.39, 0.29) is 6.61 Å². The lowest BCUT2D eigenvalue weighted by atomic mass is 10.2. The highest BCUT2D eigenvalue weighted by molar-refractivity contribution is 9.10. The zero-order valence-corrected chi connectivity index (χ0v) is 15.3. The Kier molecular flexibility index (Phi) is 5.33. The van der Waals surface area contributed by atoms with Crippen LogP contribution in [0, 0.1) is 0 Å². The lowest BCUT2D eigenvalue weighted by molar-refractivity contribution is 0.275. The van der Waals surface area contributed by atoms with E-state index in [4.69, 9.17) is 11.6 Å². The predicted molar refractivity (Wildman–Crippen MR) is 99.2 cm³/mol. The molecular weight excluding hydrogens is 396 g/mol. The average Bonchev–Trinajstić information content (AvgIpc) is 2.94. The zero-order valence-electron chi connectivity index (χ0n) is 12.1. The Morgan fingerprint density at radius 3 is 2.43 bits per heavy atom. The van der Waals surface area contributed by atoms with Gasteiger partial charge in [0.25, 0.3) is 0 Å². The SMILES string of the molecule is OCCn1c(-c2ccc(Br)cc2)csc1=Nc1ccc(Cl)cc1. The first-order chi connectivity index (χ1) is 11.2. The second kappa shape index (κ2) is 7.45. The van der Waals surface area contributed by atoms with Crippen molar-refractivity contribution in [2.45, 2.75) is 6.54 Å². The maximum Gasteiger partial charge on any atom is 0.190 e. The van der Waals surface area contributed by atoms with Crippen molar-refractivity contribution in [3.05, 3.63) is 68.2 Å². The third-order valence-corrected chi connectivity index (χ3v) is 4.96. The fraction of sp³-hybridized carbons (Fsp3) is 0.118. The van der Waals surface area contributed by atoms with Gasteiger partial charge in [-0.15, -0.1) is 11.3 Å². The normalized spacial score (nSPS) is 11.9. The Hall–Kier alpha value is -1.40. The molecule has 0 aliphatic heterocycles. The molecule has 1 aromatic heterocycles. The molecule has 0 aliphatic carbocycles. The number of benzene rings is 2. The van der Waals surface area contributed by atoms with Crippen LogP contribution in [0.1, 0.15) is 0 Å². The van der Waals surface area contributed by atoms with Crippen LogP contribution in [0.5, 0.6) is 0 Å². The van der Waals surface area contributed by atoms with Crippen molar-refractivity contribution >= 4 is 44.6 Å². The highest BCUT2D eigenvalue weighted by atomic mass is 79.9. The van der Waals surface area contributed by atoms with Gasteiger partial charge in [-0.25, -0.2) is 4.99 Å². The van der Waals surface area contributed by atoms with Crippen molar-refractivity contribution in [3.63, 3.8) is 0 Å². The van der Waals surface area contributed by atoms with Gasteiger partial charge in [-0.05, 0) is 42.0 Å². The number of thiazole rings is 1. The van der Waals surface area contributed by atoms with Crippen LogP contribution in [0.2, 0.25) is 5.02 Å². The summed E-state index contributed by atoms with van der Waals surface area (Å²) in [5, 5.41) is 12.1. The predicted octanol–water partition coefficient (Wildman–Crippen LogP) is 4.86. The number of hydrogen-bond donors (Lipinski definition) is 1. The fourth-order valence-corrected chi connectivity index (χ4v) is 3.56. The second-order valence-electron chi connectivity index (χ2n) is 4.87. The van der Waals surface area contributed by atoms with Gasteiger partial charge in [-0.2, -0.15) is 0 Å². The summed E-state index contributed by atoms with van der Waals surface area (Å²) < 4.78 is 3.07. The Bertz CT molecular complexity index is 854. The smallest absolute Gasteiger partial charge is 0.190 e. The van der Waals surface area contributed by atoms with Gasteiger partial charge in [0.1, 0.15) is 0 Å². The Balaban J connectivity index is 2.08. The van der Waals surface area contributed by atoms with E-state index < -0.39 is 0 Å². The van der Waals surface area contributed by atoms with Crippen molar-refractivity contribution in [1.82, 2.24) is 4.57 Å². The molecule has 2 aromatic carbocycles. The third kappa shape index (κ3) is 3.93. The van der Waals surface area contributed by atoms with Gasteiger partial charge in [0.05, 0.1) is 18.0 Å².